The summed E-state index contributed by atoms with van der Waals surface area (Å²) in [6, 6.07) is 66.0. The third-order valence-electron chi connectivity index (χ3n) is 11.0. The van der Waals surface area contributed by atoms with E-state index >= 15 is 0 Å². The second-order valence-corrected chi connectivity index (χ2v) is 13.9. The molecule has 1 aliphatic carbocycles. The van der Waals surface area contributed by atoms with Crippen LogP contribution in [0.15, 0.2) is 188 Å². The second-order valence-electron chi connectivity index (χ2n) is 13.9. The van der Waals surface area contributed by atoms with Crippen molar-refractivity contribution in [3.8, 4) is 67.9 Å². The van der Waals surface area contributed by atoms with Crippen LogP contribution in [0, 0.1) is 0 Å². The van der Waals surface area contributed by atoms with Crippen LogP contribution in [0.3, 0.4) is 0 Å². The fourth-order valence-electron chi connectivity index (χ4n) is 8.61. The molecule has 0 bridgehead atoms. The van der Waals surface area contributed by atoms with E-state index < -0.39 is 5.41 Å². The van der Waals surface area contributed by atoms with Gasteiger partial charge in [-0.3, -0.25) is 0 Å². The molecule has 252 valence electrons. The van der Waals surface area contributed by atoms with Crippen LogP contribution >= 0.6 is 0 Å². The number of nitrogens with zero attached hydrogens (tertiary/aromatic N) is 3. The monoisotopic (exact) mass is 689 g/mol. The summed E-state index contributed by atoms with van der Waals surface area (Å²) < 4.78 is 6.76. The SMILES string of the molecule is c1ccc(-c2nc(-c3ccc(-c4ccc5c(c4)Oc4ccccc4C54c5ccccc5-c5ccccc54)cc3)nc(-c3cccc4ccccc34)n2)cc1. The molecule has 1 aliphatic heterocycles. The topological polar surface area (TPSA) is 47.9 Å². The molecule has 0 unspecified atom stereocenters. The van der Waals surface area contributed by atoms with Crippen LogP contribution in [-0.2, 0) is 5.41 Å². The van der Waals surface area contributed by atoms with Gasteiger partial charge in [0.25, 0.3) is 0 Å². The summed E-state index contributed by atoms with van der Waals surface area (Å²) in [6.07, 6.45) is 0. The Morgan fingerprint density at radius 1 is 0.333 bits per heavy atom. The van der Waals surface area contributed by atoms with Crippen LogP contribution in [0.1, 0.15) is 22.3 Å². The predicted molar refractivity (Wildman–Crippen MR) is 216 cm³/mol. The zero-order valence-electron chi connectivity index (χ0n) is 29.1. The lowest BCUT2D eigenvalue weighted by Gasteiger charge is -2.39. The van der Waals surface area contributed by atoms with E-state index in [9.17, 15) is 0 Å². The number of benzene rings is 8. The predicted octanol–water partition coefficient (Wildman–Crippen LogP) is 12.2. The van der Waals surface area contributed by atoms with Crippen LogP contribution in [0.2, 0.25) is 0 Å². The van der Waals surface area contributed by atoms with E-state index in [2.05, 4.69) is 158 Å². The Morgan fingerprint density at radius 2 is 0.852 bits per heavy atom. The number of aromatic nitrogens is 3. The minimum Gasteiger partial charge on any atom is -0.457 e. The smallest absolute Gasteiger partial charge is 0.164 e. The molecule has 4 heteroatoms. The minimum absolute atomic E-state index is 0.476. The quantitative estimate of drug-likeness (QED) is 0.185. The van der Waals surface area contributed by atoms with Crippen molar-refractivity contribution in [2.24, 2.45) is 0 Å². The lowest BCUT2D eigenvalue weighted by molar-refractivity contribution is 0.436. The Hall–Kier alpha value is -7.17. The number of rotatable bonds is 4. The van der Waals surface area contributed by atoms with Crippen molar-refractivity contribution in [1.82, 2.24) is 15.0 Å². The zero-order valence-corrected chi connectivity index (χ0v) is 29.1. The summed E-state index contributed by atoms with van der Waals surface area (Å²) in [7, 11) is 0. The summed E-state index contributed by atoms with van der Waals surface area (Å²) in [5, 5.41) is 2.25. The third kappa shape index (κ3) is 4.53. The molecule has 0 amide bonds. The van der Waals surface area contributed by atoms with E-state index in [1.165, 1.54) is 27.8 Å². The highest BCUT2D eigenvalue weighted by Crippen LogP contribution is 2.62. The van der Waals surface area contributed by atoms with Crippen molar-refractivity contribution in [3.05, 3.63) is 210 Å². The number of hydrogen-bond acceptors (Lipinski definition) is 4. The molecule has 0 fully saturated rings. The lowest BCUT2D eigenvalue weighted by Crippen LogP contribution is -2.32. The molecular formula is C50H31N3O. The molecule has 1 spiro atoms. The van der Waals surface area contributed by atoms with E-state index in [4.69, 9.17) is 19.7 Å². The van der Waals surface area contributed by atoms with Gasteiger partial charge in [0.1, 0.15) is 11.5 Å². The van der Waals surface area contributed by atoms with Crippen molar-refractivity contribution in [2.45, 2.75) is 5.41 Å². The van der Waals surface area contributed by atoms with Gasteiger partial charge in [0.15, 0.2) is 17.5 Å². The van der Waals surface area contributed by atoms with Gasteiger partial charge in [-0.05, 0) is 56.3 Å². The van der Waals surface area contributed by atoms with Gasteiger partial charge in [-0.2, -0.15) is 0 Å². The standard InChI is InChI=1S/C50H31N3O/c1-2-14-34(15-3-1)47-51-48(53-49(52-47)40-20-12-16-33-13-4-5-17-37(33)40)35-27-25-32(26-28-35)36-29-30-44-46(31-36)54-45-24-11-10-23-43(45)50(44)41-21-8-6-18-38(41)39-19-7-9-22-42(39)50/h1-31H. The van der Waals surface area contributed by atoms with Crippen molar-refractivity contribution < 1.29 is 4.74 Å². The maximum absolute atomic E-state index is 6.76. The van der Waals surface area contributed by atoms with Gasteiger partial charge in [-0.1, -0.05) is 176 Å². The highest BCUT2D eigenvalue weighted by molar-refractivity contribution is 5.95. The Kier molecular flexibility index (Phi) is 6.73. The van der Waals surface area contributed by atoms with Crippen LogP contribution in [0.25, 0.3) is 67.2 Å². The summed E-state index contributed by atoms with van der Waals surface area (Å²) in [5.74, 6) is 3.67. The normalized spacial score (nSPS) is 13.1. The minimum atomic E-state index is -0.476. The molecule has 1 aromatic heterocycles. The third-order valence-corrected chi connectivity index (χ3v) is 11.0. The van der Waals surface area contributed by atoms with E-state index in [-0.39, 0.29) is 0 Å². The number of para-hydroxylation sites is 1. The molecule has 54 heavy (non-hydrogen) atoms. The van der Waals surface area contributed by atoms with E-state index in [0.717, 1.165) is 55.7 Å². The van der Waals surface area contributed by atoms with Gasteiger partial charge in [0.2, 0.25) is 0 Å². The average Bonchev–Trinajstić information content (AvgIpc) is 3.54. The molecule has 2 heterocycles. The Morgan fingerprint density at radius 3 is 1.61 bits per heavy atom. The van der Waals surface area contributed by atoms with Crippen LogP contribution in [0.5, 0.6) is 11.5 Å². The fourth-order valence-corrected chi connectivity index (χ4v) is 8.61. The second kappa shape index (κ2) is 11.9. The van der Waals surface area contributed by atoms with Gasteiger partial charge < -0.3 is 4.74 Å². The maximum Gasteiger partial charge on any atom is 0.164 e. The first-order chi connectivity index (χ1) is 26.8. The van der Waals surface area contributed by atoms with E-state index in [1.807, 2.05) is 30.3 Å². The first-order valence-corrected chi connectivity index (χ1v) is 18.3. The van der Waals surface area contributed by atoms with Gasteiger partial charge in [-0.15, -0.1) is 0 Å². The van der Waals surface area contributed by atoms with E-state index in [1.54, 1.807) is 0 Å². The molecule has 0 saturated carbocycles. The molecule has 4 nitrogen and oxygen atoms in total. The first-order valence-electron chi connectivity index (χ1n) is 18.3. The Bertz CT molecular complexity index is 2870. The summed E-state index contributed by atoms with van der Waals surface area (Å²) in [6.45, 7) is 0. The van der Waals surface area contributed by atoms with Gasteiger partial charge in [0.05, 0.1) is 5.41 Å². The fraction of sp³-hybridized carbons (Fsp3) is 0.0200. The molecule has 0 atom stereocenters. The van der Waals surface area contributed by atoms with Gasteiger partial charge in [-0.25, -0.2) is 15.0 Å². The molecular weight excluding hydrogens is 659 g/mol. The Labute approximate surface area is 313 Å². The average molecular weight is 690 g/mol. The van der Waals surface area contributed by atoms with Crippen molar-refractivity contribution in [3.63, 3.8) is 0 Å². The summed E-state index contributed by atoms with van der Waals surface area (Å²) >= 11 is 0. The van der Waals surface area contributed by atoms with Crippen molar-refractivity contribution in [2.75, 3.05) is 0 Å². The number of hydrogen-bond donors (Lipinski definition) is 0. The molecule has 0 saturated heterocycles. The highest BCUT2D eigenvalue weighted by Gasteiger charge is 2.50. The van der Waals surface area contributed by atoms with Gasteiger partial charge >= 0.3 is 0 Å². The van der Waals surface area contributed by atoms with Crippen LogP contribution in [0.4, 0.5) is 0 Å². The first kappa shape index (κ1) is 30.5. The molecule has 11 rings (SSSR count). The van der Waals surface area contributed by atoms with Crippen LogP contribution in [-0.4, -0.2) is 15.0 Å². The lowest BCUT2D eigenvalue weighted by atomic mass is 9.66. The Balaban J connectivity index is 1.02. The molecule has 0 N–H and O–H groups in total. The van der Waals surface area contributed by atoms with Crippen molar-refractivity contribution in [1.29, 1.82) is 0 Å². The summed E-state index contributed by atoms with van der Waals surface area (Å²) in [5.41, 5.74) is 12.0. The number of ether oxygens (including phenoxy) is 1. The largest absolute Gasteiger partial charge is 0.457 e. The molecule has 2 aliphatic rings. The molecule has 9 aromatic rings. The van der Waals surface area contributed by atoms with Crippen molar-refractivity contribution >= 4 is 10.8 Å². The number of fused-ring (bicyclic) bond motifs is 10. The maximum atomic E-state index is 6.76. The molecule has 8 aromatic carbocycles. The van der Waals surface area contributed by atoms with E-state index in [0.29, 0.717) is 17.5 Å². The summed E-state index contributed by atoms with van der Waals surface area (Å²) in [4.78, 5) is 15.1. The van der Waals surface area contributed by atoms with Gasteiger partial charge in [0, 0.05) is 27.8 Å². The zero-order chi connectivity index (χ0) is 35.6. The van der Waals surface area contributed by atoms with Crippen LogP contribution < -0.4 is 4.74 Å². The molecule has 0 radical (unpaired) electrons. The highest BCUT2D eigenvalue weighted by atomic mass is 16.5.